The number of nitro groups is 1. The smallest absolute Gasteiger partial charge is 0.408 e. The normalized spacial score (nSPS) is 13.5. The van der Waals surface area contributed by atoms with Crippen LogP contribution in [-0.2, 0) is 9.53 Å². The number of ether oxygens (including phenoxy) is 2. The summed E-state index contributed by atoms with van der Waals surface area (Å²) in [6.45, 7) is 6.23. The minimum absolute atomic E-state index is 0.202. The van der Waals surface area contributed by atoms with Crippen molar-refractivity contribution in [1.82, 2.24) is 10.3 Å². The predicted molar refractivity (Wildman–Crippen MR) is 81.8 cm³/mol. The monoisotopic (exact) mass is 341 g/mol. The van der Waals surface area contributed by atoms with Gasteiger partial charge >= 0.3 is 17.9 Å². The summed E-state index contributed by atoms with van der Waals surface area (Å²) in [5.41, 5.74) is -0.806. The van der Waals surface area contributed by atoms with Crippen LogP contribution in [0, 0.1) is 10.1 Å². The summed E-state index contributed by atoms with van der Waals surface area (Å²) in [4.78, 5) is 36.8. The van der Waals surface area contributed by atoms with E-state index < -0.39 is 40.6 Å². The lowest BCUT2D eigenvalue weighted by Crippen LogP contribution is -2.51. The molecule has 24 heavy (non-hydrogen) atoms. The first kappa shape index (κ1) is 19.1. The summed E-state index contributed by atoms with van der Waals surface area (Å²) >= 11 is 0. The fourth-order valence-corrected chi connectivity index (χ4v) is 1.69. The number of hydrogen-bond acceptors (Lipinski definition) is 7. The standard InChI is InChI=1S/C14H19N3O7/c1-8(23-9-6-5-7-15-11(9)17(21)22)10(12(18)19)16-13(20)24-14(2,3)4/h5-8,10H,1-4H3,(H,16,20)(H,18,19). The van der Waals surface area contributed by atoms with Crippen molar-refractivity contribution in [1.29, 1.82) is 0 Å². The molecule has 0 aliphatic carbocycles. The molecule has 0 aromatic carbocycles. The number of nitrogens with zero attached hydrogens (tertiary/aromatic N) is 2. The zero-order valence-corrected chi connectivity index (χ0v) is 13.7. The van der Waals surface area contributed by atoms with Crippen LogP contribution >= 0.6 is 0 Å². The molecule has 1 aromatic heterocycles. The summed E-state index contributed by atoms with van der Waals surface area (Å²) in [5.74, 6) is -2.13. The summed E-state index contributed by atoms with van der Waals surface area (Å²) in [5, 5.41) is 22.3. The van der Waals surface area contributed by atoms with Crippen molar-refractivity contribution in [3.05, 3.63) is 28.4 Å². The van der Waals surface area contributed by atoms with E-state index in [1.807, 2.05) is 0 Å². The summed E-state index contributed by atoms with van der Waals surface area (Å²) in [6.07, 6.45) is -0.840. The van der Waals surface area contributed by atoms with E-state index in [2.05, 4.69) is 10.3 Å². The third-order valence-electron chi connectivity index (χ3n) is 2.64. The fraction of sp³-hybridized carbons (Fsp3) is 0.500. The van der Waals surface area contributed by atoms with E-state index in [1.165, 1.54) is 25.3 Å². The molecule has 1 amide bonds. The number of carboxylic acid groups (broad SMARTS) is 1. The highest BCUT2D eigenvalue weighted by atomic mass is 16.6. The van der Waals surface area contributed by atoms with Crippen LogP contribution in [0.15, 0.2) is 18.3 Å². The Kier molecular flexibility index (Phi) is 6.04. The van der Waals surface area contributed by atoms with Gasteiger partial charge in [-0.2, -0.15) is 0 Å². The van der Waals surface area contributed by atoms with Crippen LogP contribution in [-0.4, -0.2) is 44.8 Å². The Hall–Kier alpha value is -2.91. The maximum absolute atomic E-state index is 11.7. The highest BCUT2D eigenvalue weighted by Crippen LogP contribution is 2.24. The van der Waals surface area contributed by atoms with Gasteiger partial charge in [-0.25, -0.2) is 9.59 Å². The molecule has 1 aromatic rings. The van der Waals surface area contributed by atoms with Crippen molar-refractivity contribution in [3.63, 3.8) is 0 Å². The number of carboxylic acids is 1. The second-order valence-electron chi connectivity index (χ2n) is 5.87. The van der Waals surface area contributed by atoms with Crippen LogP contribution in [0.4, 0.5) is 10.6 Å². The molecule has 2 atom stereocenters. The zero-order valence-electron chi connectivity index (χ0n) is 13.7. The number of alkyl carbamates (subject to hydrolysis) is 1. The van der Waals surface area contributed by atoms with Gasteiger partial charge in [0.05, 0.1) is 0 Å². The molecular weight excluding hydrogens is 322 g/mol. The first-order chi connectivity index (χ1) is 11.0. The third kappa shape index (κ3) is 5.71. The number of nitrogens with one attached hydrogen (secondary N) is 1. The van der Waals surface area contributed by atoms with Crippen molar-refractivity contribution in [2.24, 2.45) is 0 Å². The van der Waals surface area contributed by atoms with E-state index >= 15 is 0 Å². The van der Waals surface area contributed by atoms with Crippen molar-refractivity contribution in [3.8, 4) is 5.75 Å². The number of amides is 1. The van der Waals surface area contributed by atoms with E-state index in [0.717, 1.165) is 0 Å². The highest BCUT2D eigenvalue weighted by molar-refractivity contribution is 5.80. The largest absolute Gasteiger partial charge is 0.480 e. The molecule has 2 N–H and O–H groups in total. The Labute approximate surface area is 137 Å². The van der Waals surface area contributed by atoms with Crippen molar-refractivity contribution < 1.29 is 29.1 Å². The number of pyridine rings is 1. The van der Waals surface area contributed by atoms with Crippen LogP contribution in [0.3, 0.4) is 0 Å². The number of rotatable bonds is 6. The Morgan fingerprint density at radius 3 is 2.54 bits per heavy atom. The molecule has 0 radical (unpaired) electrons. The van der Waals surface area contributed by atoms with Crippen LogP contribution in [0.2, 0.25) is 0 Å². The van der Waals surface area contributed by atoms with Gasteiger partial charge in [-0.15, -0.1) is 0 Å². The first-order valence-electron chi connectivity index (χ1n) is 6.99. The maximum atomic E-state index is 11.7. The predicted octanol–water partition coefficient (Wildman–Crippen LogP) is 1.74. The van der Waals surface area contributed by atoms with Crippen LogP contribution in [0.25, 0.3) is 0 Å². The number of aromatic nitrogens is 1. The van der Waals surface area contributed by atoms with Gasteiger partial charge in [0.25, 0.3) is 0 Å². The Morgan fingerprint density at radius 1 is 1.42 bits per heavy atom. The Balaban J connectivity index is 2.88. The maximum Gasteiger partial charge on any atom is 0.408 e. The molecule has 2 unspecified atom stereocenters. The molecule has 132 valence electrons. The Morgan fingerprint density at radius 2 is 2.04 bits per heavy atom. The number of hydrogen-bond donors (Lipinski definition) is 2. The lowest BCUT2D eigenvalue weighted by Gasteiger charge is -2.25. The molecule has 10 heteroatoms. The molecular formula is C14H19N3O7. The average Bonchev–Trinajstić information content (AvgIpc) is 2.42. The van der Waals surface area contributed by atoms with Gasteiger partial charge in [0.1, 0.15) is 17.9 Å². The second kappa shape index (κ2) is 7.57. The van der Waals surface area contributed by atoms with E-state index in [-0.39, 0.29) is 5.75 Å². The summed E-state index contributed by atoms with van der Waals surface area (Å²) < 4.78 is 10.3. The zero-order chi connectivity index (χ0) is 18.5. The van der Waals surface area contributed by atoms with Gasteiger partial charge in [-0.05, 0) is 49.7 Å². The van der Waals surface area contributed by atoms with Gasteiger partial charge in [-0.1, -0.05) is 0 Å². The van der Waals surface area contributed by atoms with Gasteiger partial charge in [0.2, 0.25) is 5.75 Å². The number of carbonyl (C=O) groups excluding carboxylic acids is 1. The third-order valence-corrected chi connectivity index (χ3v) is 2.64. The van der Waals surface area contributed by atoms with Crippen molar-refractivity contribution >= 4 is 17.9 Å². The van der Waals surface area contributed by atoms with Gasteiger partial charge in [-0.3, -0.25) is 0 Å². The van der Waals surface area contributed by atoms with Crippen molar-refractivity contribution in [2.45, 2.75) is 45.4 Å². The minimum Gasteiger partial charge on any atom is -0.480 e. The van der Waals surface area contributed by atoms with Crippen LogP contribution < -0.4 is 10.1 Å². The topological polar surface area (TPSA) is 141 Å². The second-order valence-corrected chi connectivity index (χ2v) is 5.87. The molecule has 0 saturated carbocycles. The lowest BCUT2D eigenvalue weighted by atomic mass is 10.2. The SMILES string of the molecule is CC(Oc1cccnc1[N+](=O)[O-])C(NC(=O)OC(C)(C)C)C(=O)O. The van der Waals surface area contributed by atoms with Crippen LogP contribution in [0.5, 0.6) is 5.75 Å². The van der Waals surface area contributed by atoms with Gasteiger partial charge in [0.15, 0.2) is 6.04 Å². The van der Waals surface area contributed by atoms with E-state index in [0.29, 0.717) is 0 Å². The molecule has 0 spiro atoms. The molecule has 0 bridgehead atoms. The molecule has 0 fully saturated rings. The summed E-state index contributed by atoms with van der Waals surface area (Å²) in [7, 11) is 0. The molecule has 0 aliphatic rings. The van der Waals surface area contributed by atoms with Gasteiger partial charge < -0.3 is 30.0 Å². The first-order valence-corrected chi connectivity index (χ1v) is 6.99. The number of carbonyl (C=O) groups is 2. The Bertz CT molecular complexity index is 627. The van der Waals surface area contributed by atoms with Crippen molar-refractivity contribution in [2.75, 3.05) is 0 Å². The average molecular weight is 341 g/mol. The van der Waals surface area contributed by atoms with Crippen LogP contribution in [0.1, 0.15) is 27.7 Å². The number of aliphatic carboxylic acids is 1. The molecule has 1 rings (SSSR count). The fourth-order valence-electron chi connectivity index (χ4n) is 1.69. The van der Waals surface area contributed by atoms with E-state index in [1.54, 1.807) is 20.8 Å². The molecule has 0 saturated heterocycles. The molecule has 1 heterocycles. The highest BCUT2D eigenvalue weighted by Gasteiger charge is 2.31. The molecule has 10 nitrogen and oxygen atoms in total. The minimum atomic E-state index is -1.47. The quantitative estimate of drug-likeness (QED) is 0.588. The lowest BCUT2D eigenvalue weighted by molar-refractivity contribution is -0.390. The summed E-state index contributed by atoms with van der Waals surface area (Å²) in [6, 6.07) is 1.22. The van der Waals surface area contributed by atoms with Gasteiger partial charge in [0, 0.05) is 0 Å². The van der Waals surface area contributed by atoms with E-state index in [9.17, 15) is 24.8 Å². The molecule has 0 aliphatic heterocycles. The van der Waals surface area contributed by atoms with E-state index in [4.69, 9.17) is 9.47 Å².